The Balaban J connectivity index is 2.37. The summed E-state index contributed by atoms with van der Waals surface area (Å²) in [5.41, 5.74) is 5.97. The standard InChI is InChI=1S/C30H39F/c1-10-14-21-15-13-16-22-25(21)20(4)26-23(17-18-24(31)27(26)29(22,7)8)30(9,19-11-2)28(5,6)12-3/h10-11,13-16,18-19,23H,4,12,17H2,1-3,5-9H3/b14-10-,19-11?. The van der Waals surface area contributed by atoms with Crippen molar-refractivity contribution in [2.75, 3.05) is 0 Å². The van der Waals surface area contributed by atoms with Gasteiger partial charge >= 0.3 is 0 Å². The van der Waals surface area contributed by atoms with Gasteiger partial charge in [-0.15, -0.1) is 0 Å². The zero-order chi connectivity index (χ0) is 23.2. The first-order valence-corrected chi connectivity index (χ1v) is 11.7. The molecule has 0 aromatic heterocycles. The molecule has 31 heavy (non-hydrogen) atoms. The van der Waals surface area contributed by atoms with E-state index in [9.17, 15) is 0 Å². The Morgan fingerprint density at radius 1 is 1.16 bits per heavy atom. The second kappa shape index (κ2) is 8.08. The Morgan fingerprint density at radius 2 is 1.84 bits per heavy atom. The minimum atomic E-state index is -0.421. The Labute approximate surface area is 189 Å². The lowest BCUT2D eigenvalue weighted by molar-refractivity contribution is 0.0842. The van der Waals surface area contributed by atoms with Crippen LogP contribution in [0.15, 0.2) is 66.1 Å². The van der Waals surface area contributed by atoms with Crippen molar-refractivity contribution in [3.63, 3.8) is 0 Å². The van der Waals surface area contributed by atoms with E-state index in [4.69, 9.17) is 0 Å². The maximum Gasteiger partial charge on any atom is 0.123 e. The lowest BCUT2D eigenvalue weighted by Crippen LogP contribution is -2.44. The van der Waals surface area contributed by atoms with Crippen LogP contribution in [-0.2, 0) is 5.41 Å². The van der Waals surface area contributed by atoms with Crippen LogP contribution in [-0.4, -0.2) is 0 Å². The van der Waals surface area contributed by atoms with Crippen LogP contribution in [0.1, 0.15) is 84.9 Å². The van der Waals surface area contributed by atoms with Crippen molar-refractivity contribution in [1.82, 2.24) is 0 Å². The molecule has 166 valence electrons. The van der Waals surface area contributed by atoms with E-state index in [0.29, 0.717) is 6.42 Å². The molecule has 2 aliphatic carbocycles. The van der Waals surface area contributed by atoms with E-state index in [1.165, 1.54) is 16.7 Å². The molecule has 0 saturated heterocycles. The molecule has 0 amide bonds. The number of hydrogen-bond donors (Lipinski definition) is 0. The van der Waals surface area contributed by atoms with Crippen molar-refractivity contribution in [3.05, 3.63) is 82.7 Å². The number of halogens is 1. The minimum Gasteiger partial charge on any atom is -0.207 e. The Kier molecular flexibility index (Phi) is 6.13. The lowest BCUT2D eigenvalue weighted by Gasteiger charge is -2.52. The quantitative estimate of drug-likeness (QED) is 0.418. The molecule has 2 aliphatic rings. The number of benzene rings is 1. The van der Waals surface area contributed by atoms with Crippen LogP contribution in [0.25, 0.3) is 11.6 Å². The van der Waals surface area contributed by atoms with Crippen LogP contribution in [0, 0.1) is 16.7 Å². The molecule has 3 rings (SSSR count). The first kappa shape index (κ1) is 23.5. The maximum atomic E-state index is 15.6. The average molecular weight is 419 g/mol. The molecule has 0 nitrogen and oxygen atoms in total. The van der Waals surface area contributed by atoms with E-state index in [2.05, 4.69) is 97.5 Å². The van der Waals surface area contributed by atoms with E-state index >= 15 is 4.39 Å². The zero-order valence-corrected chi connectivity index (χ0v) is 20.7. The van der Waals surface area contributed by atoms with Gasteiger partial charge in [0.15, 0.2) is 0 Å². The summed E-state index contributed by atoms with van der Waals surface area (Å²) >= 11 is 0. The first-order chi connectivity index (χ1) is 14.5. The number of allylic oxidation sites excluding steroid dienone is 8. The van der Waals surface area contributed by atoms with Gasteiger partial charge in [0.2, 0.25) is 0 Å². The third kappa shape index (κ3) is 3.41. The molecule has 1 aromatic carbocycles. The van der Waals surface area contributed by atoms with Crippen molar-refractivity contribution >= 4 is 11.6 Å². The number of hydrogen-bond acceptors (Lipinski definition) is 0. The summed E-state index contributed by atoms with van der Waals surface area (Å²) in [6, 6.07) is 6.38. The highest BCUT2D eigenvalue weighted by Gasteiger charge is 2.50. The summed E-state index contributed by atoms with van der Waals surface area (Å²) in [7, 11) is 0. The van der Waals surface area contributed by atoms with Crippen LogP contribution in [0.4, 0.5) is 4.39 Å². The van der Waals surface area contributed by atoms with Gasteiger partial charge in [-0.1, -0.05) is 97.0 Å². The lowest BCUT2D eigenvalue weighted by atomic mass is 9.51. The fourth-order valence-electron chi connectivity index (χ4n) is 5.84. The van der Waals surface area contributed by atoms with Crippen molar-refractivity contribution in [3.8, 4) is 0 Å². The van der Waals surface area contributed by atoms with Gasteiger partial charge in [-0.2, -0.15) is 0 Å². The monoisotopic (exact) mass is 418 g/mol. The summed E-state index contributed by atoms with van der Waals surface area (Å²) in [5, 5.41) is 0. The fourth-order valence-corrected chi connectivity index (χ4v) is 5.84. The van der Waals surface area contributed by atoms with Gasteiger partial charge in [-0.05, 0) is 70.9 Å². The number of fused-ring (bicyclic) bond motifs is 1. The molecule has 0 spiro atoms. The molecule has 2 unspecified atom stereocenters. The van der Waals surface area contributed by atoms with Crippen LogP contribution in [0.5, 0.6) is 0 Å². The van der Waals surface area contributed by atoms with Gasteiger partial charge in [-0.25, -0.2) is 4.39 Å². The van der Waals surface area contributed by atoms with Gasteiger partial charge in [-0.3, -0.25) is 0 Å². The highest BCUT2D eigenvalue weighted by Crippen LogP contribution is 2.60. The molecule has 1 heteroatoms. The van der Waals surface area contributed by atoms with Crippen molar-refractivity contribution < 1.29 is 4.39 Å². The number of rotatable bonds is 5. The molecule has 0 saturated carbocycles. The van der Waals surface area contributed by atoms with Gasteiger partial charge in [0.1, 0.15) is 5.83 Å². The van der Waals surface area contributed by atoms with E-state index < -0.39 is 5.41 Å². The zero-order valence-electron chi connectivity index (χ0n) is 20.7. The molecular formula is C30H39F. The van der Waals surface area contributed by atoms with E-state index in [-0.39, 0.29) is 22.6 Å². The predicted molar refractivity (Wildman–Crippen MR) is 135 cm³/mol. The van der Waals surface area contributed by atoms with E-state index in [0.717, 1.165) is 23.1 Å². The molecule has 0 N–H and O–H groups in total. The summed E-state index contributed by atoms with van der Waals surface area (Å²) in [6.45, 7) is 22.4. The van der Waals surface area contributed by atoms with Crippen LogP contribution >= 0.6 is 0 Å². The molecule has 0 radical (unpaired) electrons. The Morgan fingerprint density at radius 3 is 2.42 bits per heavy atom. The predicted octanol–water partition coefficient (Wildman–Crippen LogP) is 9.21. The molecule has 1 aromatic rings. The maximum absolute atomic E-state index is 15.6. The largest absolute Gasteiger partial charge is 0.207 e. The van der Waals surface area contributed by atoms with Crippen molar-refractivity contribution in [2.24, 2.45) is 16.7 Å². The minimum absolute atomic E-state index is 0.0531. The van der Waals surface area contributed by atoms with Gasteiger partial charge in [0.25, 0.3) is 0 Å². The molecule has 0 heterocycles. The highest BCUT2D eigenvalue weighted by atomic mass is 19.1. The second-order valence-corrected chi connectivity index (χ2v) is 10.5. The van der Waals surface area contributed by atoms with Gasteiger partial charge in [0.05, 0.1) is 0 Å². The SMILES string of the molecule is C=C1C2=C(C(F)=CCC2C(C)(C=CC)C(C)(C)CC)C(C)(C)c2cccc(/C=C\C)c21. The van der Waals surface area contributed by atoms with Crippen LogP contribution < -0.4 is 0 Å². The Hall–Kier alpha value is -2.15. The summed E-state index contributed by atoms with van der Waals surface area (Å²) in [6.07, 6.45) is 12.3. The summed E-state index contributed by atoms with van der Waals surface area (Å²) in [4.78, 5) is 0. The second-order valence-electron chi connectivity index (χ2n) is 10.5. The Bertz CT molecular complexity index is 1010. The van der Waals surface area contributed by atoms with Crippen molar-refractivity contribution in [2.45, 2.75) is 73.6 Å². The summed E-state index contributed by atoms with van der Waals surface area (Å²) < 4.78 is 15.6. The smallest absolute Gasteiger partial charge is 0.123 e. The molecule has 0 bridgehead atoms. The van der Waals surface area contributed by atoms with Gasteiger partial charge < -0.3 is 0 Å². The molecule has 2 atom stereocenters. The molecule has 0 aliphatic heterocycles. The van der Waals surface area contributed by atoms with Crippen LogP contribution in [0.3, 0.4) is 0 Å². The third-order valence-corrected chi connectivity index (χ3v) is 8.34. The van der Waals surface area contributed by atoms with Crippen molar-refractivity contribution in [1.29, 1.82) is 0 Å². The molecular weight excluding hydrogens is 379 g/mol. The molecule has 0 fully saturated rings. The topological polar surface area (TPSA) is 0 Å². The van der Waals surface area contributed by atoms with E-state index in [1.807, 2.05) is 13.0 Å². The summed E-state index contributed by atoms with van der Waals surface area (Å²) in [5.74, 6) is 0.100. The third-order valence-electron chi connectivity index (χ3n) is 8.34. The normalized spacial score (nSPS) is 23.1. The highest BCUT2D eigenvalue weighted by molar-refractivity contribution is 5.90. The van der Waals surface area contributed by atoms with E-state index in [1.54, 1.807) is 0 Å². The first-order valence-electron chi connectivity index (χ1n) is 11.7. The average Bonchev–Trinajstić information content (AvgIpc) is 2.72. The van der Waals surface area contributed by atoms with Crippen LogP contribution in [0.2, 0.25) is 0 Å². The fraction of sp³-hybridized carbons (Fsp3) is 0.467. The van der Waals surface area contributed by atoms with Gasteiger partial charge in [0, 0.05) is 11.0 Å².